The van der Waals surface area contributed by atoms with Crippen molar-refractivity contribution in [2.24, 2.45) is 5.92 Å². The van der Waals surface area contributed by atoms with Gasteiger partial charge in [-0.2, -0.15) is 0 Å². The fourth-order valence-corrected chi connectivity index (χ4v) is 4.17. The fraction of sp³-hybridized carbons (Fsp3) is 0.292. The van der Waals surface area contributed by atoms with Crippen LogP contribution in [-0.2, 0) is 4.74 Å². The van der Waals surface area contributed by atoms with Crippen LogP contribution < -0.4 is 10.6 Å². The summed E-state index contributed by atoms with van der Waals surface area (Å²) < 4.78 is 4.80. The van der Waals surface area contributed by atoms with Crippen molar-refractivity contribution in [2.75, 3.05) is 30.8 Å². The molecule has 2 unspecified atom stereocenters. The van der Waals surface area contributed by atoms with Crippen molar-refractivity contribution in [3.8, 4) is 17.0 Å². The molecule has 0 radical (unpaired) electrons. The highest BCUT2D eigenvalue weighted by molar-refractivity contribution is 5.89. The maximum absolute atomic E-state index is 11.7. The van der Waals surface area contributed by atoms with Crippen LogP contribution in [0.4, 0.5) is 11.5 Å². The molecule has 31 heavy (non-hydrogen) atoms. The fourth-order valence-electron chi connectivity index (χ4n) is 4.17. The number of hydrogen-bond donors (Lipinski definition) is 2. The summed E-state index contributed by atoms with van der Waals surface area (Å²) in [5.41, 5.74) is 9.93. The standard InChI is InChI=1S/C24H26N4O3/c1-15-11-12-28(14-19(15)16-7-9-17(10-8-16)24(30)31-2)21-13-20(26-27-23(21)25)18-5-3-4-6-22(18)29/h3-10,13,15,19,29H,11-12,14H2,1-2H3,(H2,25,27). The molecule has 0 saturated carbocycles. The maximum Gasteiger partial charge on any atom is 0.337 e. The second kappa shape index (κ2) is 8.63. The number of rotatable bonds is 4. The first-order valence-electron chi connectivity index (χ1n) is 10.3. The molecule has 7 nitrogen and oxygen atoms in total. The van der Waals surface area contributed by atoms with Crippen LogP contribution >= 0.6 is 0 Å². The Kier molecular flexibility index (Phi) is 5.75. The van der Waals surface area contributed by atoms with Crippen LogP contribution in [0.1, 0.15) is 35.2 Å². The highest BCUT2D eigenvalue weighted by Crippen LogP contribution is 2.37. The third kappa shape index (κ3) is 4.17. The van der Waals surface area contributed by atoms with Gasteiger partial charge in [-0.15, -0.1) is 10.2 Å². The molecule has 2 aromatic carbocycles. The number of para-hydroxylation sites is 1. The molecule has 7 heteroatoms. The molecule has 0 aliphatic carbocycles. The molecule has 1 saturated heterocycles. The van der Waals surface area contributed by atoms with E-state index in [1.165, 1.54) is 12.7 Å². The highest BCUT2D eigenvalue weighted by Gasteiger charge is 2.29. The van der Waals surface area contributed by atoms with Gasteiger partial charge in [0, 0.05) is 24.6 Å². The summed E-state index contributed by atoms with van der Waals surface area (Å²) >= 11 is 0. The average molecular weight is 418 g/mol. The largest absolute Gasteiger partial charge is 0.507 e. The molecule has 1 fully saturated rings. The number of carbonyl (C=O) groups excluding carboxylic acids is 1. The van der Waals surface area contributed by atoms with E-state index >= 15 is 0 Å². The number of aromatic nitrogens is 2. The summed E-state index contributed by atoms with van der Waals surface area (Å²) in [5.74, 6) is 0.949. The first-order chi connectivity index (χ1) is 15.0. The van der Waals surface area contributed by atoms with Crippen molar-refractivity contribution in [2.45, 2.75) is 19.3 Å². The zero-order valence-corrected chi connectivity index (χ0v) is 17.7. The monoisotopic (exact) mass is 418 g/mol. The van der Waals surface area contributed by atoms with Gasteiger partial charge in [-0.3, -0.25) is 0 Å². The van der Waals surface area contributed by atoms with Crippen molar-refractivity contribution in [1.82, 2.24) is 10.2 Å². The lowest BCUT2D eigenvalue weighted by molar-refractivity contribution is 0.0600. The van der Waals surface area contributed by atoms with Gasteiger partial charge in [0.2, 0.25) is 0 Å². The van der Waals surface area contributed by atoms with Gasteiger partial charge in [0.25, 0.3) is 0 Å². The molecule has 1 aliphatic heterocycles. The van der Waals surface area contributed by atoms with Crippen molar-refractivity contribution in [3.63, 3.8) is 0 Å². The second-order valence-electron chi connectivity index (χ2n) is 7.95. The van der Waals surface area contributed by atoms with Crippen molar-refractivity contribution < 1.29 is 14.6 Å². The number of nitrogens with two attached hydrogens (primary N) is 1. The molecule has 2 heterocycles. The molecular formula is C24H26N4O3. The summed E-state index contributed by atoms with van der Waals surface area (Å²) in [6, 6.07) is 16.6. The van der Waals surface area contributed by atoms with Crippen LogP contribution in [0.3, 0.4) is 0 Å². The van der Waals surface area contributed by atoms with Gasteiger partial charge < -0.3 is 20.5 Å². The lowest BCUT2D eigenvalue weighted by atomic mass is 9.81. The van der Waals surface area contributed by atoms with E-state index in [-0.39, 0.29) is 17.6 Å². The zero-order valence-electron chi connectivity index (χ0n) is 17.7. The van der Waals surface area contributed by atoms with E-state index in [2.05, 4.69) is 22.0 Å². The van der Waals surface area contributed by atoms with Gasteiger partial charge in [-0.05, 0) is 48.2 Å². The molecule has 0 amide bonds. The molecule has 3 N–H and O–H groups in total. The maximum atomic E-state index is 11.7. The molecule has 1 aromatic heterocycles. The SMILES string of the molecule is COC(=O)c1ccc(C2CN(c3cc(-c4ccccc4O)nnc3N)CCC2C)cc1. The number of anilines is 2. The Morgan fingerprint density at radius 3 is 2.61 bits per heavy atom. The number of esters is 1. The third-order valence-corrected chi connectivity index (χ3v) is 6.04. The summed E-state index contributed by atoms with van der Waals surface area (Å²) in [6.07, 6.45) is 0.997. The van der Waals surface area contributed by atoms with Gasteiger partial charge in [0.05, 0.1) is 24.1 Å². The minimum Gasteiger partial charge on any atom is -0.507 e. The minimum atomic E-state index is -0.336. The quantitative estimate of drug-likeness (QED) is 0.621. The van der Waals surface area contributed by atoms with Gasteiger partial charge in [0.1, 0.15) is 5.75 Å². The number of methoxy groups -OCH3 is 1. The van der Waals surface area contributed by atoms with Crippen LogP contribution in [-0.4, -0.2) is 41.5 Å². The van der Waals surface area contributed by atoms with Crippen LogP contribution in [0.15, 0.2) is 54.6 Å². The third-order valence-electron chi connectivity index (χ3n) is 6.04. The van der Waals surface area contributed by atoms with E-state index in [0.717, 1.165) is 25.2 Å². The van der Waals surface area contributed by atoms with Crippen LogP contribution in [0, 0.1) is 5.92 Å². The summed E-state index contributed by atoms with van der Waals surface area (Å²) in [6.45, 7) is 3.88. The molecule has 3 aromatic rings. The number of piperidine rings is 1. The smallest absolute Gasteiger partial charge is 0.337 e. The molecule has 0 bridgehead atoms. The van der Waals surface area contributed by atoms with Crippen LogP contribution in [0.2, 0.25) is 0 Å². The summed E-state index contributed by atoms with van der Waals surface area (Å²) in [5, 5.41) is 18.5. The van der Waals surface area contributed by atoms with Gasteiger partial charge in [-0.1, -0.05) is 31.2 Å². The number of carbonyl (C=O) groups is 1. The van der Waals surface area contributed by atoms with E-state index in [0.29, 0.717) is 28.6 Å². The number of nitrogen functional groups attached to an aromatic ring is 1. The van der Waals surface area contributed by atoms with Crippen molar-refractivity contribution in [1.29, 1.82) is 0 Å². The Morgan fingerprint density at radius 1 is 1.16 bits per heavy atom. The predicted molar refractivity (Wildman–Crippen MR) is 120 cm³/mol. The van der Waals surface area contributed by atoms with Crippen molar-refractivity contribution >= 4 is 17.5 Å². The Balaban J connectivity index is 1.61. The summed E-state index contributed by atoms with van der Waals surface area (Å²) in [7, 11) is 1.38. The number of hydrogen-bond acceptors (Lipinski definition) is 7. The number of aromatic hydroxyl groups is 1. The van der Waals surface area contributed by atoms with E-state index in [1.54, 1.807) is 12.1 Å². The molecule has 0 spiro atoms. The van der Waals surface area contributed by atoms with Crippen LogP contribution in [0.25, 0.3) is 11.3 Å². The first-order valence-corrected chi connectivity index (χ1v) is 10.3. The summed E-state index contributed by atoms with van der Waals surface area (Å²) in [4.78, 5) is 14.0. The molecule has 4 rings (SSSR count). The Hall–Kier alpha value is -3.61. The lowest BCUT2D eigenvalue weighted by Crippen LogP contribution is -2.39. The van der Waals surface area contributed by atoms with Gasteiger partial charge >= 0.3 is 5.97 Å². The normalized spacial score (nSPS) is 18.6. The molecule has 2 atom stereocenters. The number of phenolic OH excluding ortho intramolecular Hbond substituents is 1. The molecule has 160 valence electrons. The Morgan fingerprint density at radius 2 is 1.90 bits per heavy atom. The molecule has 1 aliphatic rings. The number of ether oxygens (including phenoxy) is 1. The van der Waals surface area contributed by atoms with E-state index < -0.39 is 0 Å². The van der Waals surface area contributed by atoms with E-state index in [4.69, 9.17) is 10.5 Å². The van der Waals surface area contributed by atoms with Crippen molar-refractivity contribution in [3.05, 3.63) is 65.7 Å². The highest BCUT2D eigenvalue weighted by atomic mass is 16.5. The number of nitrogens with zero attached hydrogens (tertiary/aromatic N) is 3. The predicted octanol–water partition coefficient (Wildman–Crippen LogP) is 3.85. The van der Waals surface area contributed by atoms with E-state index in [1.807, 2.05) is 42.5 Å². The average Bonchev–Trinajstić information content (AvgIpc) is 2.80. The van der Waals surface area contributed by atoms with E-state index in [9.17, 15) is 9.90 Å². The zero-order chi connectivity index (χ0) is 22.0. The Bertz CT molecular complexity index is 1080. The first kappa shape index (κ1) is 20.7. The second-order valence-corrected chi connectivity index (χ2v) is 7.95. The molecular weight excluding hydrogens is 392 g/mol. The van der Waals surface area contributed by atoms with Crippen LogP contribution in [0.5, 0.6) is 5.75 Å². The topological polar surface area (TPSA) is 102 Å². The Labute approximate surface area is 181 Å². The lowest BCUT2D eigenvalue weighted by Gasteiger charge is -2.39. The van der Waals surface area contributed by atoms with Gasteiger partial charge in [0.15, 0.2) is 5.82 Å². The number of phenols is 1. The number of benzene rings is 2. The van der Waals surface area contributed by atoms with Gasteiger partial charge in [-0.25, -0.2) is 4.79 Å². The minimum absolute atomic E-state index is 0.156.